The molecule has 6 heteroatoms. The molecule has 0 saturated carbocycles. The molecule has 0 fully saturated rings. The third-order valence-electron chi connectivity index (χ3n) is 1.31. The zero-order valence-electron chi connectivity index (χ0n) is 7.53. The van der Waals surface area contributed by atoms with E-state index in [0.29, 0.717) is 6.61 Å². The second kappa shape index (κ2) is 7.63. The van der Waals surface area contributed by atoms with Crippen molar-refractivity contribution in [1.82, 2.24) is 0 Å². The van der Waals surface area contributed by atoms with E-state index in [2.05, 4.69) is 0 Å². The zero-order valence-corrected chi connectivity index (χ0v) is 10.6. The highest BCUT2D eigenvalue weighted by Crippen LogP contribution is 2.25. The largest absolute Gasteiger partial charge is 0.461 e. The van der Waals surface area contributed by atoms with E-state index in [9.17, 15) is 4.79 Å². The quantitative estimate of drug-likeness (QED) is 0.331. The van der Waals surface area contributed by atoms with Gasteiger partial charge in [0.25, 0.3) is 0 Å². The molecule has 0 rings (SSSR count). The topological polar surface area (TPSA) is 26.3 Å². The molecule has 0 atom stereocenters. The van der Waals surface area contributed by atoms with Gasteiger partial charge in [0.2, 0.25) is 0 Å². The first-order valence-electron chi connectivity index (χ1n) is 4.01. The summed E-state index contributed by atoms with van der Waals surface area (Å²) in [5.74, 6) is -0.698. The standard InChI is InChI=1S/C8H10Cl4O2/c1-2-3-4-14-8(13)6(10)5(9)7(11)12/h7H,2-4H2,1H3/b6-5+. The van der Waals surface area contributed by atoms with Gasteiger partial charge in [0, 0.05) is 0 Å². The van der Waals surface area contributed by atoms with Crippen LogP contribution in [-0.4, -0.2) is 17.4 Å². The summed E-state index contributed by atoms with van der Waals surface area (Å²) in [6.07, 6.45) is 1.70. The van der Waals surface area contributed by atoms with E-state index in [0.717, 1.165) is 12.8 Å². The SMILES string of the molecule is CCCCOC(=O)/C(Cl)=C(\Cl)C(Cl)Cl. The number of unbranched alkanes of at least 4 members (excludes halogenated alkanes) is 1. The van der Waals surface area contributed by atoms with Crippen molar-refractivity contribution in [2.45, 2.75) is 24.6 Å². The Kier molecular flexibility index (Phi) is 7.84. The van der Waals surface area contributed by atoms with Crippen LogP contribution in [0.2, 0.25) is 0 Å². The summed E-state index contributed by atoms with van der Waals surface area (Å²) in [6, 6.07) is 0. The summed E-state index contributed by atoms with van der Waals surface area (Å²) < 4.78 is 4.79. The van der Waals surface area contributed by atoms with E-state index >= 15 is 0 Å². The second-order valence-corrected chi connectivity index (χ2v) is 4.33. The van der Waals surface area contributed by atoms with Crippen molar-refractivity contribution in [2.24, 2.45) is 0 Å². The monoisotopic (exact) mass is 278 g/mol. The number of halogens is 4. The number of hydrogen-bond acceptors (Lipinski definition) is 2. The Hall–Kier alpha value is 0.370. The van der Waals surface area contributed by atoms with Crippen LogP contribution in [-0.2, 0) is 9.53 Å². The molecule has 0 unspecified atom stereocenters. The smallest absolute Gasteiger partial charge is 0.351 e. The third kappa shape index (κ3) is 5.30. The van der Waals surface area contributed by atoms with Gasteiger partial charge in [-0.2, -0.15) is 0 Å². The van der Waals surface area contributed by atoms with Gasteiger partial charge in [-0.05, 0) is 6.42 Å². The van der Waals surface area contributed by atoms with Crippen LogP contribution in [0.3, 0.4) is 0 Å². The van der Waals surface area contributed by atoms with Crippen LogP contribution in [0, 0.1) is 0 Å². The van der Waals surface area contributed by atoms with Crippen LogP contribution >= 0.6 is 46.4 Å². The molecule has 0 heterocycles. The Morgan fingerprint density at radius 3 is 2.36 bits per heavy atom. The molecule has 0 aliphatic carbocycles. The van der Waals surface area contributed by atoms with Gasteiger partial charge in [0.05, 0.1) is 11.6 Å². The molecule has 0 aromatic heterocycles. The van der Waals surface area contributed by atoms with Crippen molar-refractivity contribution in [3.63, 3.8) is 0 Å². The Labute approximate surface area is 103 Å². The Balaban J connectivity index is 4.17. The molecule has 2 nitrogen and oxygen atoms in total. The van der Waals surface area contributed by atoms with Crippen molar-refractivity contribution in [1.29, 1.82) is 0 Å². The average Bonchev–Trinajstić information content (AvgIpc) is 2.15. The molecule has 0 spiro atoms. The molecular weight excluding hydrogens is 270 g/mol. The van der Waals surface area contributed by atoms with Crippen LogP contribution in [0.15, 0.2) is 10.1 Å². The highest BCUT2D eigenvalue weighted by Gasteiger charge is 2.17. The fraction of sp³-hybridized carbons (Fsp3) is 0.625. The molecule has 0 radical (unpaired) electrons. The summed E-state index contributed by atoms with van der Waals surface area (Å²) in [6.45, 7) is 2.29. The first-order chi connectivity index (χ1) is 6.50. The van der Waals surface area contributed by atoms with Gasteiger partial charge < -0.3 is 4.74 Å². The number of allylic oxidation sites excluding steroid dienone is 1. The van der Waals surface area contributed by atoms with E-state index in [4.69, 9.17) is 51.1 Å². The number of rotatable bonds is 5. The molecule has 0 amide bonds. The van der Waals surface area contributed by atoms with Crippen molar-refractivity contribution in [3.8, 4) is 0 Å². The predicted octanol–water partition coefficient (Wildman–Crippen LogP) is 3.82. The fourth-order valence-electron chi connectivity index (χ4n) is 0.566. The number of ether oxygens (including phenoxy) is 1. The van der Waals surface area contributed by atoms with E-state index in [1.165, 1.54) is 0 Å². The third-order valence-corrected chi connectivity index (χ3v) is 2.83. The van der Waals surface area contributed by atoms with E-state index in [-0.39, 0.29) is 10.1 Å². The Morgan fingerprint density at radius 1 is 1.36 bits per heavy atom. The lowest BCUT2D eigenvalue weighted by Gasteiger charge is -2.05. The molecular formula is C8H10Cl4O2. The fourth-order valence-corrected chi connectivity index (χ4v) is 1.14. The van der Waals surface area contributed by atoms with Crippen LogP contribution in [0.5, 0.6) is 0 Å². The molecule has 0 aromatic carbocycles. The summed E-state index contributed by atoms with van der Waals surface area (Å²) in [7, 11) is 0. The number of alkyl halides is 2. The number of carbonyl (C=O) groups is 1. The maximum atomic E-state index is 11.1. The molecule has 0 bridgehead atoms. The number of esters is 1. The lowest BCUT2D eigenvalue weighted by Crippen LogP contribution is -2.08. The minimum absolute atomic E-state index is 0.114. The zero-order chi connectivity index (χ0) is 11.1. The molecule has 0 aliphatic rings. The highest BCUT2D eigenvalue weighted by atomic mass is 35.5. The minimum Gasteiger partial charge on any atom is -0.461 e. The Bertz CT molecular complexity index is 225. The van der Waals surface area contributed by atoms with Crippen molar-refractivity contribution in [3.05, 3.63) is 10.1 Å². The summed E-state index contributed by atoms with van der Waals surface area (Å²) in [5, 5.41) is -0.380. The van der Waals surface area contributed by atoms with Crippen LogP contribution < -0.4 is 0 Å². The number of hydrogen-bond donors (Lipinski definition) is 0. The van der Waals surface area contributed by atoms with Gasteiger partial charge in [0.1, 0.15) is 9.87 Å². The molecule has 0 N–H and O–H groups in total. The van der Waals surface area contributed by atoms with Crippen molar-refractivity contribution in [2.75, 3.05) is 6.61 Å². The molecule has 0 aliphatic heterocycles. The first-order valence-corrected chi connectivity index (χ1v) is 5.64. The van der Waals surface area contributed by atoms with E-state index < -0.39 is 10.8 Å². The lowest BCUT2D eigenvalue weighted by atomic mass is 10.4. The predicted molar refractivity (Wildman–Crippen MR) is 60.1 cm³/mol. The van der Waals surface area contributed by atoms with Crippen molar-refractivity contribution < 1.29 is 9.53 Å². The normalized spacial score (nSPS) is 12.7. The Morgan fingerprint density at radius 2 is 1.93 bits per heavy atom. The maximum absolute atomic E-state index is 11.1. The minimum atomic E-state index is -1.01. The van der Waals surface area contributed by atoms with Gasteiger partial charge in [-0.15, -0.1) is 0 Å². The second-order valence-electron chi connectivity index (χ2n) is 2.45. The molecule has 82 valence electrons. The molecule has 0 saturated heterocycles. The highest BCUT2D eigenvalue weighted by molar-refractivity contribution is 6.56. The van der Waals surface area contributed by atoms with Gasteiger partial charge in [-0.25, -0.2) is 4.79 Å². The summed E-state index contributed by atoms with van der Waals surface area (Å²) >= 11 is 21.9. The van der Waals surface area contributed by atoms with E-state index in [1.54, 1.807) is 0 Å². The van der Waals surface area contributed by atoms with Gasteiger partial charge in [-0.3, -0.25) is 0 Å². The first kappa shape index (κ1) is 14.4. The maximum Gasteiger partial charge on any atom is 0.351 e. The van der Waals surface area contributed by atoms with Crippen LogP contribution in [0.4, 0.5) is 0 Å². The average molecular weight is 280 g/mol. The molecule has 14 heavy (non-hydrogen) atoms. The number of carbonyl (C=O) groups excluding carboxylic acids is 1. The van der Waals surface area contributed by atoms with Gasteiger partial charge in [-0.1, -0.05) is 59.7 Å². The van der Waals surface area contributed by atoms with E-state index in [1.807, 2.05) is 6.92 Å². The van der Waals surface area contributed by atoms with Gasteiger partial charge >= 0.3 is 5.97 Å². The van der Waals surface area contributed by atoms with Gasteiger partial charge in [0.15, 0.2) is 0 Å². The summed E-state index contributed by atoms with van der Waals surface area (Å²) in [4.78, 5) is 10.1. The molecule has 0 aromatic rings. The lowest BCUT2D eigenvalue weighted by molar-refractivity contribution is -0.138. The van der Waals surface area contributed by atoms with Crippen molar-refractivity contribution >= 4 is 52.4 Å². The summed E-state index contributed by atoms with van der Waals surface area (Å²) in [5.41, 5.74) is 0. The van der Waals surface area contributed by atoms with Crippen LogP contribution in [0.25, 0.3) is 0 Å². The van der Waals surface area contributed by atoms with Crippen LogP contribution in [0.1, 0.15) is 19.8 Å².